The van der Waals surface area contributed by atoms with E-state index in [-0.39, 0.29) is 11.8 Å². The first-order valence-electron chi connectivity index (χ1n) is 5.28. The molecule has 1 aliphatic rings. The monoisotopic (exact) mass is 296 g/mol. The highest BCUT2D eigenvalue weighted by Gasteiger charge is 2.29. The van der Waals surface area contributed by atoms with Gasteiger partial charge in [0.25, 0.3) is 0 Å². The van der Waals surface area contributed by atoms with Crippen LogP contribution in [0.25, 0.3) is 0 Å². The summed E-state index contributed by atoms with van der Waals surface area (Å²) < 4.78 is 5.80. The Kier molecular flexibility index (Phi) is 3.47. The number of amides is 1. The van der Waals surface area contributed by atoms with Crippen LogP contribution < -0.4 is 9.64 Å². The molecular formula is C12H13BrN2O2. The average molecular weight is 297 g/mol. The maximum absolute atomic E-state index is 11.8. The van der Waals surface area contributed by atoms with Crippen LogP contribution in [0.4, 0.5) is 5.69 Å². The van der Waals surface area contributed by atoms with Crippen molar-refractivity contribution in [3.63, 3.8) is 0 Å². The van der Waals surface area contributed by atoms with Gasteiger partial charge in [-0.25, -0.2) is 4.98 Å². The van der Waals surface area contributed by atoms with E-state index in [1.165, 1.54) is 0 Å². The zero-order valence-corrected chi connectivity index (χ0v) is 11.1. The summed E-state index contributed by atoms with van der Waals surface area (Å²) in [6, 6.07) is 1.84. The lowest BCUT2D eigenvalue weighted by Gasteiger charge is -2.16. The lowest BCUT2D eigenvalue weighted by Crippen LogP contribution is -2.24. The molecule has 2 heterocycles. The number of hydrogen-bond donors (Lipinski definition) is 0. The quantitative estimate of drug-likeness (QED) is 0.805. The van der Waals surface area contributed by atoms with E-state index in [2.05, 4.69) is 27.5 Å². The van der Waals surface area contributed by atoms with Crippen molar-refractivity contribution in [2.75, 3.05) is 18.6 Å². The zero-order valence-electron chi connectivity index (χ0n) is 9.52. The van der Waals surface area contributed by atoms with Crippen LogP contribution in [0.5, 0.6) is 5.88 Å². The van der Waals surface area contributed by atoms with Gasteiger partial charge in [-0.05, 0) is 22.0 Å². The van der Waals surface area contributed by atoms with Crippen molar-refractivity contribution in [3.05, 3.63) is 29.4 Å². The SMILES string of the molecule is C=CC1CC(=O)N(c2cnc(OC)c(Br)c2)C1. The molecule has 0 aromatic carbocycles. The van der Waals surface area contributed by atoms with Crippen molar-refractivity contribution < 1.29 is 9.53 Å². The number of pyridine rings is 1. The van der Waals surface area contributed by atoms with Crippen LogP contribution in [0, 0.1) is 5.92 Å². The third-order valence-electron chi connectivity index (χ3n) is 2.79. The molecule has 1 aromatic heterocycles. The van der Waals surface area contributed by atoms with Gasteiger partial charge in [-0.15, -0.1) is 6.58 Å². The Morgan fingerprint density at radius 2 is 2.47 bits per heavy atom. The summed E-state index contributed by atoms with van der Waals surface area (Å²) in [7, 11) is 1.56. The molecule has 0 saturated carbocycles. The molecule has 0 N–H and O–H groups in total. The Hall–Kier alpha value is -1.36. The molecule has 1 saturated heterocycles. The van der Waals surface area contributed by atoms with Gasteiger partial charge in [-0.2, -0.15) is 0 Å². The molecule has 0 spiro atoms. The van der Waals surface area contributed by atoms with Crippen LogP contribution >= 0.6 is 15.9 Å². The maximum Gasteiger partial charge on any atom is 0.227 e. The highest BCUT2D eigenvalue weighted by Crippen LogP contribution is 2.30. The molecule has 1 aromatic rings. The summed E-state index contributed by atoms with van der Waals surface area (Å²) >= 11 is 3.36. The normalized spacial score (nSPS) is 19.5. The number of rotatable bonds is 3. The third-order valence-corrected chi connectivity index (χ3v) is 3.35. The molecule has 2 rings (SSSR count). The Morgan fingerprint density at radius 3 is 3.00 bits per heavy atom. The van der Waals surface area contributed by atoms with Crippen LogP contribution in [0.3, 0.4) is 0 Å². The zero-order chi connectivity index (χ0) is 12.4. The van der Waals surface area contributed by atoms with Crippen molar-refractivity contribution in [2.24, 2.45) is 5.92 Å². The van der Waals surface area contributed by atoms with E-state index >= 15 is 0 Å². The van der Waals surface area contributed by atoms with Gasteiger partial charge in [0.2, 0.25) is 11.8 Å². The van der Waals surface area contributed by atoms with Crippen molar-refractivity contribution in [1.29, 1.82) is 0 Å². The molecule has 5 heteroatoms. The summed E-state index contributed by atoms with van der Waals surface area (Å²) in [6.45, 7) is 4.40. The van der Waals surface area contributed by atoms with E-state index in [0.717, 1.165) is 10.2 Å². The molecule has 0 radical (unpaired) electrons. The van der Waals surface area contributed by atoms with Gasteiger partial charge in [0, 0.05) is 18.9 Å². The van der Waals surface area contributed by atoms with Crippen LogP contribution in [-0.2, 0) is 4.79 Å². The number of nitrogens with zero attached hydrogens (tertiary/aromatic N) is 2. The Morgan fingerprint density at radius 1 is 1.71 bits per heavy atom. The molecule has 1 fully saturated rings. The Balaban J connectivity index is 2.26. The second-order valence-electron chi connectivity index (χ2n) is 3.89. The van der Waals surface area contributed by atoms with E-state index < -0.39 is 0 Å². The van der Waals surface area contributed by atoms with Gasteiger partial charge in [0.05, 0.1) is 23.5 Å². The van der Waals surface area contributed by atoms with Crippen LogP contribution in [0.15, 0.2) is 29.4 Å². The number of halogens is 1. The van der Waals surface area contributed by atoms with Gasteiger partial charge in [0.1, 0.15) is 0 Å². The maximum atomic E-state index is 11.8. The van der Waals surface area contributed by atoms with Gasteiger partial charge >= 0.3 is 0 Å². The molecule has 0 bridgehead atoms. The predicted molar refractivity (Wildman–Crippen MR) is 69.1 cm³/mol. The number of anilines is 1. The molecule has 0 aliphatic carbocycles. The molecule has 1 atom stereocenters. The number of ether oxygens (including phenoxy) is 1. The lowest BCUT2D eigenvalue weighted by atomic mass is 10.1. The molecule has 1 unspecified atom stereocenters. The molecule has 90 valence electrons. The summed E-state index contributed by atoms with van der Waals surface area (Å²) in [6.07, 6.45) is 3.99. The molecule has 1 amide bonds. The second kappa shape index (κ2) is 4.87. The number of carbonyl (C=O) groups excluding carboxylic acids is 1. The van der Waals surface area contributed by atoms with Crippen LogP contribution in [-0.4, -0.2) is 24.5 Å². The first kappa shape index (κ1) is 12.1. The second-order valence-corrected chi connectivity index (χ2v) is 4.74. The predicted octanol–water partition coefficient (Wildman–Crippen LogP) is 2.39. The van der Waals surface area contributed by atoms with Crippen LogP contribution in [0.2, 0.25) is 0 Å². The number of carbonyl (C=O) groups is 1. The largest absolute Gasteiger partial charge is 0.480 e. The van der Waals surface area contributed by atoms with Crippen LogP contribution in [0.1, 0.15) is 6.42 Å². The molecule has 17 heavy (non-hydrogen) atoms. The Labute approximate surface area is 108 Å². The lowest BCUT2D eigenvalue weighted by molar-refractivity contribution is -0.117. The van der Waals surface area contributed by atoms with Gasteiger partial charge in [-0.3, -0.25) is 4.79 Å². The van der Waals surface area contributed by atoms with E-state index in [1.807, 2.05) is 12.1 Å². The van der Waals surface area contributed by atoms with Gasteiger partial charge in [0.15, 0.2) is 0 Å². The van der Waals surface area contributed by atoms with Crippen molar-refractivity contribution in [2.45, 2.75) is 6.42 Å². The van der Waals surface area contributed by atoms with E-state index in [1.54, 1.807) is 18.2 Å². The summed E-state index contributed by atoms with van der Waals surface area (Å²) in [4.78, 5) is 17.7. The van der Waals surface area contributed by atoms with Crippen molar-refractivity contribution >= 4 is 27.5 Å². The average Bonchev–Trinajstić information content (AvgIpc) is 2.70. The summed E-state index contributed by atoms with van der Waals surface area (Å²) in [5.41, 5.74) is 0.784. The number of hydrogen-bond acceptors (Lipinski definition) is 3. The van der Waals surface area contributed by atoms with Gasteiger partial charge < -0.3 is 9.64 Å². The van der Waals surface area contributed by atoms with Crippen molar-refractivity contribution in [3.8, 4) is 5.88 Å². The highest BCUT2D eigenvalue weighted by atomic mass is 79.9. The minimum atomic E-state index is 0.105. The van der Waals surface area contributed by atoms with E-state index in [9.17, 15) is 4.79 Å². The minimum Gasteiger partial charge on any atom is -0.480 e. The Bertz CT molecular complexity index is 462. The first-order chi connectivity index (χ1) is 8.15. The summed E-state index contributed by atoms with van der Waals surface area (Å²) in [5, 5.41) is 0. The molecule has 1 aliphatic heterocycles. The van der Waals surface area contributed by atoms with Gasteiger partial charge in [-0.1, -0.05) is 6.08 Å². The third kappa shape index (κ3) is 2.34. The smallest absolute Gasteiger partial charge is 0.227 e. The minimum absolute atomic E-state index is 0.105. The number of methoxy groups -OCH3 is 1. The standard InChI is InChI=1S/C12H13BrN2O2/c1-3-8-4-11(16)15(7-8)9-5-10(13)12(17-2)14-6-9/h3,5-6,8H,1,4,7H2,2H3. The first-order valence-corrected chi connectivity index (χ1v) is 6.07. The van der Waals surface area contributed by atoms with E-state index in [4.69, 9.17) is 4.74 Å². The number of aromatic nitrogens is 1. The molecule has 4 nitrogen and oxygen atoms in total. The topological polar surface area (TPSA) is 42.4 Å². The summed E-state index contributed by atoms with van der Waals surface area (Å²) in [5.74, 6) is 0.845. The highest BCUT2D eigenvalue weighted by molar-refractivity contribution is 9.10. The van der Waals surface area contributed by atoms with Crippen molar-refractivity contribution in [1.82, 2.24) is 4.98 Å². The van der Waals surface area contributed by atoms with E-state index in [0.29, 0.717) is 18.8 Å². The fourth-order valence-electron chi connectivity index (χ4n) is 1.86. The fourth-order valence-corrected chi connectivity index (χ4v) is 2.35. The fraction of sp³-hybridized carbons (Fsp3) is 0.333. The molecular weight excluding hydrogens is 284 g/mol.